The van der Waals surface area contributed by atoms with Gasteiger partial charge in [0.05, 0.1) is 0 Å². The van der Waals surface area contributed by atoms with Gasteiger partial charge < -0.3 is 5.32 Å². The van der Waals surface area contributed by atoms with Crippen molar-refractivity contribution < 1.29 is 4.79 Å². The number of thioether (sulfide) groups is 1. The molecule has 0 aliphatic heterocycles. The van der Waals surface area contributed by atoms with Gasteiger partial charge in [-0.1, -0.05) is 11.8 Å². The van der Waals surface area contributed by atoms with Crippen molar-refractivity contribution in [3.8, 4) is 0 Å². The fraction of sp³-hybridized carbons (Fsp3) is 0.400. The van der Waals surface area contributed by atoms with Gasteiger partial charge in [0.2, 0.25) is 0 Å². The minimum Gasteiger partial charge on any atom is -0.351 e. The Morgan fingerprint density at radius 2 is 2.24 bits per heavy atom. The van der Waals surface area contributed by atoms with Crippen LogP contribution in [0.2, 0.25) is 0 Å². The lowest BCUT2D eigenvalue weighted by Gasteiger charge is -2.10. The fourth-order valence-corrected chi connectivity index (χ4v) is 4.70. The Balaban J connectivity index is 1.49. The molecule has 0 fully saturated rings. The van der Waals surface area contributed by atoms with Gasteiger partial charge >= 0.3 is 0 Å². The Labute approximate surface area is 151 Å². The Bertz CT molecular complexity index is 962. The number of amides is 1. The Morgan fingerprint density at radius 3 is 3.08 bits per heavy atom. The number of aromatic nitrogens is 5. The van der Waals surface area contributed by atoms with E-state index >= 15 is 0 Å². The van der Waals surface area contributed by atoms with E-state index in [2.05, 4.69) is 25.5 Å². The second kappa shape index (κ2) is 6.96. The molecule has 3 aromatic heterocycles. The number of hydrogen-bond donors (Lipinski definition) is 2. The van der Waals surface area contributed by atoms with Gasteiger partial charge in [0.1, 0.15) is 11.9 Å². The van der Waals surface area contributed by atoms with Crippen LogP contribution in [-0.4, -0.2) is 42.8 Å². The zero-order valence-corrected chi connectivity index (χ0v) is 15.0. The molecule has 0 bridgehead atoms. The SMILES string of the molecule is O=C(NCCSc1ncn[nH]1)c1cnc2sc3c(n2c1=O)CCCC3. The summed E-state index contributed by atoms with van der Waals surface area (Å²) < 4.78 is 1.62. The second-order valence-electron chi connectivity index (χ2n) is 5.67. The standard InChI is InChI=1S/C15H16N6O2S2/c22-12(16-5-6-24-14-18-8-19-20-14)9-7-17-15-21(13(9)23)10-3-1-2-4-11(10)25-15/h7-8H,1-6H2,(H,16,22)(H,18,19,20). The van der Waals surface area contributed by atoms with Crippen molar-refractivity contribution in [3.63, 3.8) is 0 Å². The van der Waals surface area contributed by atoms with E-state index in [0.29, 0.717) is 22.4 Å². The number of thiazole rings is 1. The molecule has 1 amide bonds. The summed E-state index contributed by atoms with van der Waals surface area (Å²) in [5, 5.41) is 9.96. The van der Waals surface area contributed by atoms with Crippen LogP contribution in [0.25, 0.3) is 4.96 Å². The first-order valence-corrected chi connectivity index (χ1v) is 9.83. The molecule has 8 nitrogen and oxygen atoms in total. The highest BCUT2D eigenvalue weighted by Crippen LogP contribution is 2.28. The average molecular weight is 376 g/mol. The summed E-state index contributed by atoms with van der Waals surface area (Å²) in [6.07, 6.45) is 6.90. The van der Waals surface area contributed by atoms with Gasteiger partial charge in [-0.15, -0.1) is 11.3 Å². The molecule has 130 valence electrons. The van der Waals surface area contributed by atoms with Crippen molar-refractivity contribution in [1.82, 2.24) is 29.9 Å². The minimum atomic E-state index is -0.388. The van der Waals surface area contributed by atoms with Crippen LogP contribution in [0.4, 0.5) is 0 Å². The van der Waals surface area contributed by atoms with Crippen molar-refractivity contribution in [2.75, 3.05) is 12.3 Å². The number of carbonyl (C=O) groups is 1. The maximum Gasteiger partial charge on any atom is 0.271 e. The molecular weight excluding hydrogens is 360 g/mol. The van der Waals surface area contributed by atoms with E-state index in [0.717, 1.165) is 31.4 Å². The van der Waals surface area contributed by atoms with Gasteiger partial charge in [-0.05, 0) is 25.7 Å². The number of H-pyrrole nitrogens is 1. The van der Waals surface area contributed by atoms with Gasteiger partial charge in [0.25, 0.3) is 11.5 Å². The monoisotopic (exact) mass is 376 g/mol. The van der Waals surface area contributed by atoms with Gasteiger partial charge in [-0.2, -0.15) is 5.10 Å². The van der Waals surface area contributed by atoms with E-state index in [1.807, 2.05) is 0 Å². The lowest BCUT2D eigenvalue weighted by molar-refractivity contribution is 0.0954. The first-order chi connectivity index (χ1) is 12.2. The normalized spacial score (nSPS) is 13.8. The van der Waals surface area contributed by atoms with Crippen molar-refractivity contribution in [2.45, 2.75) is 30.8 Å². The number of aryl methyl sites for hydroxylation is 2. The molecule has 0 radical (unpaired) electrons. The average Bonchev–Trinajstić information content (AvgIpc) is 3.26. The van der Waals surface area contributed by atoms with E-state index in [9.17, 15) is 9.59 Å². The van der Waals surface area contributed by atoms with Crippen LogP contribution in [0.15, 0.2) is 22.5 Å². The Hall–Kier alpha value is -2.20. The molecule has 0 aromatic carbocycles. The zero-order chi connectivity index (χ0) is 17.2. The smallest absolute Gasteiger partial charge is 0.271 e. The molecular formula is C15H16N6O2S2. The molecule has 0 spiro atoms. The second-order valence-corrected chi connectivity index (χ2v) is 7.81. The third kappa shape index (κ3) is 3.19. The number of fused-ring (bicyclic) bond motifs is 3. The van der Waals surface area contributed by atoms with Crippen LogP contribution in [-0.2, 0) is 12.8 Å². The van der Waals surface area contributed by atoms with E-state index in [1.165, 1.54) is 29.2 Å². The largest absolute Gasteiger partial charge is 0.351 e. The molecule has 1 aliphatic rings. The highest BCUT2D eigenvalue weighted by molar-refractivity contribution is 7.99. The van der Waals surface area contributed by atoms with Crippen LogP contribution in [0, 0.1) is 0 Å². The molecule has 1 aliphatic carbocycles. The molecule has 4 rings (SSSR count). The van der Waals surface area contributed by atoms with Gasteiger partial charge in [-0.3, -0.25) is 19.1 Å². The number of carbonyl (C=O) groups excluding carboxylic acids is 1. The van der Waals surface area contributed by atoms with Gasteiger partial charge in [0.15, 0.2) is 10.1 Å². The maximum atomic E-state index is 12.8. The molecule has 3 heterocycles. The summed E-state index contributed by atoms with van der Waals surface area (Å²) >= 11 is 3.00. The third-order valence-corrected chi connectivity index (χ3v) is 6.10. The Kier molecular flexibility index (Phi) is 4.53. The fourth-order valence-electron chi connectivity index (χ4n) is 2.90. The summed E-state index contributed by atoms with van der Waals surface area (Å²) in [5.74, 6) is 0.243. The lowest BCUT2D eigenvalue weighted by Crippen LogP contribution is -2.33. The molecule has 0 unspecified atom stereocenters. The molecule has 0 saturated carbocycles. The lowest BCUT2D eigenvalue weighted by atomic mass is 10.0. The minimum absolute atomic E-state index is 0.0911. The number of aromatic amines is 1. The van der Waals surface area contributed by atoms with Crippen LogP contribution >= 0.6 is 23.1 Å². The van der Waals surface area contributed by atoms with E-state index in [1.54, 1.807) is 15.7 Å². The molecule has 0 atom stereocenters. The quantitative estimate of drug-likeness (QED) is 0.513. The van der Waals surface area contributed by atoms with E-state index in [4.69, 9.17) is 0 Å². The molecule has 25 heavy (non-hydrogen) atoms. The Morgan fingerprint density at radius 1 is 1.36 bits per heavy atom. The predicted octanol–water partition coefficient (Wildman–Crippen LogP) is 1.27. The number of hydrogen-bond acceptors (Lipinski definition) is 7. The highest BCUT2D eigenvalue weighted by Gasteiger charge is 2.21. The number of nitrogens with zero attached hydrogens (tertiary/aromatic N) is 4. The van der Waals surface area contributed by atoms with Crippen molar-refractivity contribution in [1.29, 1.82) is 0 Å². The van der Waals surface area contributed by atoms with Crippen LogP contribution in [0.5, 0.6) is 0 Å². The topological polar surface area (TPSA) is 105 Å². The maximum absolute atomic E-state index is 12.8. The summed E-state index contributed by atoms with van der Waals surface area (Å²) in [6.45, 7) is 0.425. The number of nitrogens with one attached hydrogen (secondary N) is 2. The van der Waals surface area contributed by atoms with Crippen LogP contribution < -0.4 is 10.9 Å². The summed E-state index contributed by atoms with van der Waals surface area (Å²) in [7, 11) is 0. The van der Waals surface area contributed by atoms with Crippen molar-refractivity contribution in [3.05, 3.63) is 39.0 Å². The third-order valence-electron chi connectivity index (χ3n) is 4.07. The summed E-state index contributed by atoms with van der Waals surface area (Å²) in [5.41, 5.74) is 0.845. The molecule has 3 aromatic rings. The highest BCUT2D eigenvalue weighted by atomic mass is 32.2. The number of rotatable bonds is 5. The van der Waals surface area contributed by atoms with Crippen molar-refractivity contribution >= 4 is 34.0 Å². The van der Waals surface area contributed by atoms with Crippen molar-refractivity contribution in [2.24, 2.45) is 0 Å². The summed E-state index contributed by atoms with van der Waals surface area (Å²) in [4.78, 5) is 35.3. The first kappa shape index (κ1) is 16.3. The van der Waals surface area contributed by atoms with E-state index in [-0.39, 0.29) is 17.0 Å². The van der Waals surface area contributed by atoms with Gasteiger partial charge in [0, 0.05) is 29.1 Å². The zero-order valence-electron chi connectivity index (χ0n) is 13.3. The molecule has 10 heteroatoms. The molecule has 2 N–H and O–H groups in total. The van der Waals surface area contributed by atoms with Crippen LogP contribution in [0.1, 0.15) is 33.8 Å². The molecule has 0 saturated heterocycles. The first-order valence-electron chi connectivity index (χ1n) is 8.02. The van der Waals surface area contributed by atoms with Crippen LogP contribution in [0.3, 0.4) is 0 Å². The summed E-state index contributed by atoms with van der Waals surface area (Å²) in [6, 6.07) is 0. The van der Waals surface area contributed by atoms with E-state index < -0.39 is 0 Å². The van der Waals surface area contributed by atoms with Gasteiger partial charge in [-0.25, -0.2) is 9.97 Å². The predicted molar refractivity (Wildman–Crippen MR) is 95.4 cm³/mol.